The van der Waals surface area contributed by atoms with Gasteiger partial charge in [-0.15, -0.1) is 11.6 Å². The maximum Gasteiger partial charge on any atom is 0.368 e. The van der Waals surface area contributed by atoms with Gasteiger partial charge in [0.05, 0.1) is 0 Å². The lowest BCUT2D eigenvalue weighted by Gasteiger charge is -2.27. The number of carbonyl (C=O) groups excluding carboxylic acids is 1. The molecule has 1 amide bonds. The van der Waals surface area contributed by atoms with Crippen molar-refractivity contribution < 1.29 is 14.3 Å². The van der Waals surface area contributed by atoms with Gasteiger partial charge in [-0.25, -0.2) is 9.24 Å². The molecule has 0 aliphatic rings. The number of benzene rings is 2. The maximum absolute atomic E-state index is 12.6. The summed E-state index contributed by atoms with van der Waals surface area (Å²) in [6.07, 6.45) is 0. The zero-order valence-electron chi connectivity index (χ0n) is 12.4. The van der Waals surface area contributed by atoms with Crippen LogP contribution in [0.5, 0.6) is 0 Å². The van der Waals surface area contributed by atoms with E-state index in [0.29, 0.717) is 0 Å². The van der Waals surface area contributed by atoms with Crippen molar-refractivity contribution in [2.24, 2.45) is 0 Å². The summed E-state index contributed by atoms with van der Waals surface area (Å²) in [6.45, 7) is 0.457. The molecule has 5 nitrogen and oxygen atoms in total. The van der Waals surface area contributed by atoms with Gasteiger partial charge in [0.2, 0.25) is 5.91 Å². The molecule has 23 heavy (non-hydrogen) atoms. The van der Waals surface area contributed by atoms with E-state index in [1.54, 1.807) is 0 Å². The molecule has 0 saturated carbocycles. The molecule has 0 spiro atoms. The molecule has 0 aliphatic carbocycles. The first-order valence-electron chi connectivity index (χ1n) is 7.04. The van der Waals surface area contributed by atoms with Crippen LogP contribution in [0.4, 0.5) is 0 Å². The summed E-state index contributed by atoms with van der Waals surface area (Å²) in [7, 11) is -4.06. The lowest BCUT2D eigenvalue weighted by atomic mass is 10.2. The standard InChI is InChI=1S/C16H18ClN2O3P/c17-11-16(20)18-23(21,22)19(12-14-7-3-1-4-8-14)13-15-9-5-2-6-10-15/h1-10H,11-13H2,(H2,18,20,21,22). The average Bonchev–Trinajstić information content (AvgIpc) is 2.55. The van der Waals surface area contributed by atoms with Crippen LogP contribution in [0.15, 0.2) is 60.7 Å². The molecular weight excluding hydrogens is 335 g/mol. The van der Waals surface area contributed by atoms with E-state index in [0.717, 1.165) is 11.1 Å². The van der Waals surface area contributed by atoms with Gasteiger partial charge < -0.3 is 4.89 Å². The molecule has 1 atom stereocenters. The van der Waals surface area contributed by atoms with Crippen molar-refractivity contribution >= 4 is 25.2 Å². The molecule has 2 aromatic rings. The Bertz CT molecular complexity index is 641. The summed E-state index contributed by atoms with van der Waals surface area (Å²) < 4.78 is 13.9. The average molecular weight is 353 g/mol. The van der Waals surface area contributed by atoms with Crippen LogP contribution in [0.3, 0.4) is 0 Å². The Morgan fingerprint density at radius 2 is 1.43 bits per heavy atom. The summed E-state index contributed by atoms with van der Waals surface area (Å²) in [6, 6.07) is 18.6. The van der Waals surface area contributed by atoms with Crippen molar-refractivity contribution in [3.63, 3.8) is 0 Å². The van der Waals surface area contributed by atoms with E-state index >= 15 is 0 Å². The number of halogens is 1. The molecule has 0 bridgehead atoms. The third kappa shape index (κ3) is 5.48. The minimum atomic E-state index is -4.06. The van der Waals surface area contributed by atoms with Crippen LogP contribution in [-0.2, 0) is 22.4 Å². The van der Waals surface area contributed by atoms with E-state index in [4.69, 9.17) is 11.6 Å². The van der Waals surface area contributed by atoms with Gasteiger partial charge in [-0.3, -0.25) is 9.88 Å². The Labute approximate surface area is 140 Å². The molecule has 0 aromatic heterocycles. The van der Waals surface area contributed by atoms with E-state index < -0.39 is 13.6 Å². The van der Waals surface area contributed by atoms with Gasteiger partial charge in [0, 0.05) is 13.1 Å². The zero-order chi connectivity index (χ0) is 16.7. The van der Waals surface area contributed by atoms with Crippen LogP contribution >= 0.6 is 19.3 Å². The lowest BCUT2D eigenvalue weighted by molar-refractivity contribution is -0.117. The largest absolute Gasteiger partial charge is 0.368 e. The number of carbonyl (C=O) groups is 1. The lowest BCUT2D eigenvalue weighted by Crippen LogP contribution is -2.31. The van der Waals surface area contributed by atoms with Gasteiger partial charge in [-0.05, 0) is 11.1 Å². The fraction of sp³-hybridized carbons (Fsp3) is 0.188. The predicted octanol–water partition coefficient (Wildman–Crippen LogP) is 3.14. The van der Waals surface area contributed by atoms with Gasteiger partial charge in [0.25, 0.3) is 0 Å². The molecule has 1 unspecified atom stereocenters. The normalized spacial score (nSPS) is 13.5. The van der Waals surface area contributed by atoms with Gasteiger partial charge in [0.1, 0.15) is 5.88 Å². The molecular formula is C16H18ClN2O3P. The Morgan fingerprint density at radius 1 is 1.00 bits per heavy atom. The predicted molar refractivity (Wildman–Crippen MR) is 90.8 cm³/mol. The monoisotopic (exact) mass is 352 g/mol. The first-order valence-corrected chi connectivity index (χ1v) is 9.19. The smallest absolute Gasteiger partial charge is 0.317 e. The van der Waals surface area contributed by atoms with E-state index in [2.05, 4.69) is 5.09 Å². The SMILES string of the molecule is O=C(CCl)NP(=O)(O)N(Cc1ccccc1)Cc1ccccc1. The maximum atomic E-state index is 12.6. The van der Waals surface area contributed by atoms with Crippen LogP contribution in [0.2, 0.25) is 0 Å². The third-order valence-corrected chi connectivity index (χ3v) is 5.02. The number of hydrogen-bond acceptors (Lipinski definition) is 2. The van der Waals surface area contributed by atoms with Crippen LogP contribution < -0.4 is 5.09 Å². The van der Waals surface area contributed by atoms with Crippen molar-refractivity contribution in [3.8, 4) is 0 Å². The van der Waals surface area contributed by atoms with Crippen LogP contribution in [-0.4, -0.2) is 21.4 Å². The van der Waals surface area contributed by atoms with Gasteiger partial charge in [-0.1, -0.05) is 60.7 Å². The highest BCUT2D eigenvalue weighted by Crippen LogP contribution is 2.42. The van der Waals surface area contributed by atoms with Crippen molar-refractivity contribution in [2.45, 2.75) is 13.1 Å². The van der Waals surface area contributed by atoms with Crippen LogP contribution in [0.1, 0.15) is 11.1 Å². The first kappa shape index (κ1) is 17.7. The highest BCUT2D eigenvalue weighted by molar-refractivity contribution is 7.54. The Kier molecular flexibility index (Phi) is 6.37. The van der Waals surface area contributed by atoms with Crippen LogP contribution in [0.25, 0.3) is 0 Å². The van der Waals surface area contributed by atoms with Crippen LogP contribution in [0, 0.1) is 0 Å². The van der Waals surface area contributed by atoms with E-state index in [-0.39, 0.29) is 19.0 Å². The molecule has 0 heterocycles. The van der Waals surface area contributed by atoms with E-state index in [9.17, 15) is 14.3 Å². The molecule has 0 aliphatic heterocycles. The molecule has 2 aromatic carbocycles. The third-order valence-electron chi connectivity index (χ3n) is 3.19. The first-order chi connectivity index (χ1) is 11.0. The van der Waals surface area contributed by atoms with Crippen molar-refractivity contribution in [1.82, 2.24) is 9.76 Å². The molecule has 122 valence electrons. The Morgan fingerprint density at radius 3 is 1.83 bits per heavy atom. The summed E-state index contributed by atoms with van der Waals surface area (Å²) in [4.78, 5) is 21.7. The summed E-state index contributed by atoms with van der Waals surface area (Å²) in [5.41, 5.74) is 1.75. The number of nitrogens with one attached hydrogen (secondary N) is 1. The highest BCUT2D eigenvalue weighted by atomic mass is 35.5. The van der Waals surface area contributed by atoms with Gasteiger partial charge >= 0.3 is 7.67 Å². The second kappa shape index (κ2) is 8.27. The minimum absolute atomic E-state index is 0.228. The second-order valence-electron chi connectivity index (χ2n) is 5.01. The summed E-state index contributed by atoms with van der Waals surface area (Å²) in [5, 5.41) is 2.11. The molecule has 7 heteroatoms. The summed E-state index contributed by atoms with van der Waals surface area (Å²) >= 11 is 5.42. The Balaban J connectivity index is 2.23. The molecule has 0 fully saturated rings. The fourth-order valence-electron chi connectivity index (χ4n) is 2.10. The van der Waals surface area contributed by atoms with Crippen molar-refractivity contribution in [1.29, 1.82) is 0 Å². The molecule has 2 N–H and O–H groups in total. The number of hydrogen-bond donors (Lipinski definition) is 2. The van der Waals surface area contributed by atoms with E-state index in [1.165, 1.54) is 4.67 Å². The minimum Gasteiger partial charge on any atom is -0.317 e. The fourth-order valence-corrected chi connectivity index (χ4v) is 3.51. The Hall–Kier alpha value is -1.65. The van der Waals surface area contributed by atoms with Crippen molar-refractivity contribution in [3.05, 3.63) is 71.8 Å². The van der Waals surface area contributed by atoms with Gasteiger partial charge in [-0.2, -0.15) is 0 Å². The number of rotatable bonds is 7. The summed E-state index contributed by atoms with van der Waals surface area (Å²) in [5.74, 6) is -1.04. The van der Waals surface area contributed by atoms with Gasteiger partial charge in [0.15, 0.2) is 0 Å². The number of nitrogens with zero attached hydrogens (tertiary/aromatic N) is 1. The molecule has 2 rings (SSSR count). The topological polar surface area (TPSA) is 69.6 Å². The second-order valence-corrected chi connectivity index (χ2v) is 7.15. The zero-order valence-corrected chi connectivity index (χ0v) is 14.1. The van der Waals surface area contributed by atoms with E-state index in [1.807, 2.05) is 60.7 Å². The number of amides is 1. The quantitative estimate of drug-likeness (QED) is 0.593. The molecule has 0 saturated heterocycles. The number of alkyl halides is 1. The molecule has 0 radical (unpaired) electrons. The highest BCUT2D eigenvalue weighted by Gasteiger charge is 2.30. The van der Waals surface area contributed by atoms with Crippen molar-refractivity contribution in [2.75, 3.05) is 5.88 Å².